The summed E-state index contributed by atoms with van der Waals surface area (Å²) >= 11 is 0. The van der Waals surface area contributed by atoms with Crippen LogP contribution in [0.1, 0.15) is 41.8 Å². The number of nitrogens with one attached hydrogen (secondary N) is 2. The Bertz CT molecular complexity index is 831. The van der Waals surface area contributed by atoms with Gasteiger partial charge in [-0.25, -0.2) is 18.7 Å². The maximum absolute atomic E-state index is 12.3. The number of alkyl halides is 2. The number of halogens is 2. The molecular formula is C19H22F2N4O3. The van der Waals surface area contributed by atoms with Crippen LogP contribution in [0.2, 0.25) is 0 Å². The van der Waals surface area contributed by atoms with Gasteiger partial charge in [0.1, 0.15) is 5.82 Å². The van der Waals surface area contributed by atoms with E-state index >= 15 is 0 Å². The molecule has 0 aliphatic rings. The van der Waals surface area contributed by atoms with Gasteiger partial charge in [-0.2, -0.15) is 0 Å². The molecule has 2 rings (SSSR count). The molecule has 9 heteroatoms. The maximum atomic E-state index is 12.3. The van der Waals surface area contributed by atoms with Crippen LogP contribution >= 0.6 is 0 Å². The Kier molecular flexibility index (Phi) is 7.79. The third kappa shape index (κ3) is 6.26. The number of amides is 2. The van der Waals surface area contributed by atoms with Crippen LogP contribution in [-0.2, 0) is 17.8 Å². The summed E-state index contributed by atoms with van der Waals surface area (Å²) in [5, 5.41) is 5.35. The Morgan fingerprint density at radius 2 is 2.00 bits per heavy atom. The van der Waals surface area contributed by atoms with Crippen LogP contribution in [0.25, 0.3) is 0 Å². The number of carbonyl (C=O) groups excluding carboxylic acids is 2. The van der Waals surface area contributed by atoms with Gasteiger partial charge in [0.15, 0.2) is 6.61 Å². The fourth-order valence-corrected chi connectivity index (χ4v) is 2.32. The zero-order valence-electron chi connectivity index (χ0n) is 15.7. The fraction of sp³-hybridized carbons (Fsp3) is 0.368. The number of aryl methyl sites for hydroxylation is 1. The highest BCUT2D eigenvalue weighted by Gasteiger charge is 2.11. The molecule has 150 valence electrons. The molecule has 0 aliphatic heterocycles. The molecular weight excluding hydrogens is 370 g/mol. The van der Waals surface area contributed by atoms with Crippen molar-refractivity contribution in [1.29, 1.82) is 0 Å². The number of nitrogens with zero attached hydrogens (tertiary/aromatic N) is 2. The minimum absolute atomic E-state index is 0.170. The van der Waals surface area contributed by atoms with Crippen molar-refractivity contribution < 1.29 is 23.1 Å². The molecule has 0 fully saturated rings. The lowest BCUT2D eigenvalue weighted by atomic mass is 10.1. The van der Waals surface area contributed by atoms with Crippen LogP contribution in [0.4, 0.5) is 14.6 Å². The van der Waals surface area contributed by atoms with E-state index in [1.165, 1.54) is 24.5 Å². The second kappa shape index (κ2) is 10.3. The molecule has 0 atom stereocenters. The number of anilines is 1. The van der Waals surface area contributed by atoms with Crippen molar-refractivity contribution in [3.8, 4) is 5.88 Å². The van der Waals surface area contributed by atoms with E-state index in [1.54, 1.807) is 13.0 Å². The first-order valence-corrected chi connectivity index (χ1v) is 8.85. The summed E-state index contributed by atoms with van der Waals surface area (Å²) in [4.78, 5) is 31.8. The number of carbonyl (C=O) groups is 2. The molecule has 2 N–H and O–H groups in total. The van der Waals surface area contributed by atoms with E-state index in [0.29, 0.717) is 35.3 Å². The second-order valence-electron chi connectivity index (χ2n) is 5.88. The van der Waals surface area contributed by atoms with E-state index in [4.69, 9.17) is 4.74 Å². The highest BCUT2D eigenvalue weighted by Crippen LogP contribution is 2.18. The van der Waals surface area contributed by atoms with Gasteiger partial charge in [-0.15, -0.1) is 0 Å². The van der Waals surface area contributed by atoms with E-state index in [1.807, 2.05) is 6.92 Å². The zero-order valence-corrected chi connectivity index (χ0v) is 15.7. The normalized spacial score (nSPS) is 10.6. The molecule has 0 bridgehead atoms. The number of hydrogen-bond donors (Lipinski definition) is 2. The highest BCUT2D eigenvalue weighted by molar-refractivity contribution is 5.96. The van der Waals surface area contributed by atoms with Crippen molar-refractivity contribution in [2.75, 3.05) is 11.9 Å². The van der Waals surface area contributed by atoms with Gasteiger partial charge in [0.05, 0.1) is 0 Å². The summed E-state index contributed by atoms with van der Waals surface area (Å²) in [6, 6.07) is 4.78. The summed E-state index contributed by atoms with van der Waals surface area (Å²) in [7, 11) is 0. The van der Waals surface area contributed by atoms with Crippen molar-refractivity contribution >= 4 is 17.6 Å². The van der Waals surface area contributed by atoms with Crippen molar-refractivity contribution in [2.24, 2.45) is 0 Å². The smallest absolute Gasteiger partial charge is 0.272 e. The molecule has 0 aromatic carbocycles. The van der Waals surface area contributed by atoms with Gasteiger partial charge in [0.25, 0.3) is 12.3 Å². The summed E-state index contributed by atoms with van der Waals surface area (Å²) < 4.78 is 29.6. The van der Waals surface area contributed by atoms with Crippen molar-refractivity contribution in [1.82, 2.24) is 15.3 Å². The van der Waals surface area contributed by atoms with Gasteiger partial charge in [-0.05, 0) is 30.2 Å². The molecule has 0 radical (unpaired) electrons. The Morgan fingerprint density at radius 1 is 1.21 bits per heavy atom. The quantitative estimate of drug-likeness (QED) is 0.684. The van der Waals surface area contributed by atoms with E-state index in [-0.39, 0.29) is 24.2 Å². The van der Waals surface area contributed by atoms with Crippen LogP contribution in [0, 0.1) is 0 Å². The molecule has 2 amide bonds. The summed E-state index contributed by atoms with van der Waals surface area (Å²) in [5.41, 5.74) is 1.74. The third-order valence-electron chi connectivity index (χ3n) is 3.77. The van der Waals surface area contributed by atoms with E-state index in [0.717, 1.165) is 0 Å². The number of ether oxygens (including phenoxy) is 1. The molecule has 2 aromatic rings. The molecule has 0 saturated heterocycles. The molecule has 28 heavy (non-hydrogen) atoms. The highest BCUT2D eigenvalue weighted by atomic mass is 19.3. The average Bonchev–Trinajstić information content (AvgIpc) is 2.70. The molecule has 2 aromatic heterocycles. The lowest BCUT2D eigenvalue weighted by Crippen LogP contribution is -2.23. The minimum Gasteiger partial charge on any atom is -0.471 e. The topological polar surface area (TPSA) is 93.2 Å². The third-order valence-corrected chi connectivity index (χ3v) is 3.77. The summed E-state index contributed by atoms with van der Waals surface area (Å²) in [5.74, 6) is -0.0684. The molecule has 2 heterocycles. The van der Waals surface area contributed by atoms with Crippen molar-refractivity contribution in [3.63, 3.8) is 0 Å². The minimum atomic E-state index is -2.57. The lowest BCUT2D eigenvalue weighted by molar-refractivity contribution is -0.115. The SMILES string of the molecule is CCC(=O)Nc1cc(C(=O)NCc2cnc(OCC(F)F)c(CC)c2)ccn1. The summed E-state index contributed by atoms with van der Waals surface area (Å²) in [6.07, 6.45) is 1.20. The van der Waals surface area contributed by atoms with Crippen LogP contribution in [0.5, 0.6) is 5.88 Å². The van der Waals surface area contributed by atoms with Gasteiger partial charge in [-0.3, -0.25) is 9.59 Å². The number of aromatic nitrogens is 2. The van der Waals surface area contributed by atoms with Crippen molar-refractivity contribution in [2.45, 2.75) is 39.7 Å². The number of pyridine rings is 2. The van der Waals surface area contributed by atoms with Gasteiger partial charge in [0, 0.05) is 36.5 Å². The first kappa shape index (κ1) is 21.2. The zero-order chi connectivity index (χ0) is 20.5. The Hall–Kier alpha value is -3.10. The van der Waals surface area contributed by atoms with Crippen LogP contribution in [0.3, 0.4) is 0 Å². The molecule has 0 unspecified atom stereocenters. The van der Waals surface area contributed by atoms with E-state index in [2.05, 4.69) is 20.6 Å². The Labute approximate surface area is 161 Å². The Morgan fingerprint density at radius 3 is 2.68 bits per heavy atom. The Balaban J connectivity index is 2.00. The molecule has 0 saturated carbocycles. The molecule has 0 spiro atoms. The van der Waals surface area contributed by atoms with E-state index < -0.39 is 13.0 Å². The van der Waals surface area contributed by atoms with Gasteiger partial charge in [0.2, 0.25) is 11.8 Å². The van der Waals surface area contributed by atoms with Crippen LogP contribution in [-0.4, -0.2) is 34.8 Å². The molecule has 7 nitrogen and oxygen atoms in total. The van der Waals surface area contributed by atoms with E-state index in [9.17, 15) is 18.4 Å². The van der Waals surface area contributed by atoms with Gasteiger partial charge < -0.3 is 15.4 Å². The lowest BCUT2D eigenvalue weighted by Gasteiger charge is -2.11. The van der Waals surface area contributed by atoms with Gasteiger partial charge >= 0.3 is 0 Å². The first-order valence-electron chi connectivity index (χ1n) is 8.85. The molecule has 0 aliphatic carbocycles. The largest absolute Gasteiger partial charge is 0.471 e. The first-order chi connectivity index (χ1) is 13.4. The standard InChI is InChI=1S/C19H22F2N4O3/c1-3-13-7-12(10-24-19(13)28-11-15(20)21)9-23-18(27)14-5-6-22-16(8-14)25-17(26)4-2/h5-8,10,15H,3-4,9,11H2,1-2H3,(H,23,27)(H,22,25,26). The maximum Gasteiger partial charge on any atom is 0.272 e. The second-order valence-corrected chi connectivity index (χ2v) is 5.88. The number of rotatable bonds is 9. The van der Waals surface area contributed by atoms with Crippen LogP contribution < -0.4 is 15.4 Å². The van der Waals surface area contributed by atoms with Crippen molar-refractivity contribution in [3.05, 3.63) is 47.3 Å². The predicted molar refractivity (Wildman–Crippen MR) is 99.4 cm³/mol. The predicted octanol–water partition coefficient (Wildman–Crippen LogP) is 2.96. The summed E-state index contributed by atoms with van der Waals surface area (Å²) in [6.45, 7) is 3.06. The monoisotopic (exact) mass is 392 g/mol. The average molecular weight is 392 g/mol. The number of hydrogen-bond acceptors (Lipinski definition) is 5. The fourth-order valence-electron chi connectivity index (χ4n) is 2.32. The van der Waals surface area contributed by atoms with Gasteiger partial charge in [-0.1, -0.05) is 13.8 Å². The van der Waals surface area contributed by atoms with Crippen LogP contribution in [0.15, 0.2) is 30.6 Å².